The van der Waals surface area contributed by atoms with Crippen LogP contribution in [0.5, 0.6) is 0 Å². The molecule has 3 heteroatoms. The maximum Gasteiger partial charge on any atom is 0.208 e. The molecule has 0 aliphatic carbocycles. The van der Waals surface area contributed by atoms with Gasteiger partial charge in [0.1, 0.15) is 5.69 Å². The monoisotopic (exact) mass is 202 g/mol. The van der Waals surface area contributed by atoms with Crippen molar-refractivity contribution in [2.45, 2.75) is 20.3 Å². The molecule has 1 heterocycles. The molecule has 0 bridgehead atoms. The second kappa shape index (κ2) is 4.64. The number of carbonyl (C=O) groups is 1. The lowest BCUT2D eigenvalue weighted by Gasteiger charge is -2.04. The van der Waals surface area contributed by atoms with Gasteiger partial charge in [-0.25, -0.2) is 4.98 Å². The van der Waals surface area contributed by atoms with Crippen LogP contribution in [0.15, 0.2) is 24.9 Å². The van der Waals surface area contributed by atoms with Crippen LogP contribution in [-0.2, 0) is 6.42 Å². The van der Waals surface area contributed by atoms with Gasteiger partial charge in [0.15, 0.2) is 0 Å². The number of rotatable bonds is 4. The summed E-state index contributed by atoms with van der Waals surface area (Å²) < 4.78 is 0. The van der Waals surface area contributed by atoms with Crippen molar-refractivity contribution in [3.63, 3.8) is 0 Å². The fourth-order valence-electron chi connectivity index (χ4n) is 1.12. The Balaban J connectivity index is 3.29. The summed E-state index contributed by atoms with van der Waals surface area (Å²) in [6.07, 6.45) is 3.94. The summed E-state index contributed by atoms with van der Waals surface area (Å²) in [6, 6.07) is 0. The molecule has 15 heavy (non-hydrogen) atoms. The molecule has 0 saturated carbocycles. The zero-order valence-corrected chi connectivity index (χ0v) is 9.08. The molecule has 0 aliphatic heterocycles. The lowest BCUT2D eigenvalue weighted by atomic mass is 10.1. The summed E-state index contributed by atoms with van der Waals surface area (Å²) >= 11 is 0. The van der Waals surface area contributed by atoms with Crippen molar-refractivity contribution in [3.8, 4) is 0 Å². The molecule has 3 nitrogen and oxygen atoms in total. The first-order valence-corrected chi connectivity index (χ1v) is 4.78. The van der Waals surface area contributed by atoms with E-state index in [1.54, 1.807) is 13.1 Å². The Kier molecular flexibility index (Phi) is 3.50. The molecular formula is C12H14N2O. The first-order valence-electron chi connectivity index (χ1n) is 4.78. The number of carbonyl (C=O) groups excluding carboxylic acids is 1. The first-order chi connectivity index (χ1) is 7.10. The highest BCUT2D eigenvalue weighted by Gasteiger charge is 2.13. The number of hydrogen-bond acceptors (Lipinski definition) is 3. The second-order valence-corrected chi connectivity index (χ2v) is 3.26. The molecule has 1 aromatic heterocycles. The van der Waals surface area contributed by atoms with E-state index in [0.29, 0.717) is 17.0 Å². The number of nitrogens with zero attached hydrogens (tertiary/aromatic N) is 2. The molecule has 0 aliphatic rings. The average Bonchev–Trinajstić information content (AvgIpc) is 2.27. The van der Waals surface area contributed by atoms with Crippen LogP contribution in [-0.4, -0.2) is 15.8 Å². The van der Waals surface area contributed by atoms with Gasteiger partial charge in [-0.3, -0.25) is 9.78 Å². The average molecular weight is 202 g/mol. The van der Waals surface area contributed by atoms with Crippen molar-refractivity contribution in [1.82, 2.24) is 9.97 Å². The van der Waals surface area contributed by atoms with Gasteiger partial charge in [0, 0.05) is 6.20 Å². The van der Waals surface area contributed by atoms with E-state index in [2.05, 4.69) is 23.1 Å². The largest absolute Gasteiger partial charge is 0.287 e. The standard InChI is InChI=1S/C12H14N2O/c1-5-9-7-13-10(6-2)11(14-9)12(15)8(3)4/h6-7H,2-3,5H2,1,4H3. The molecule has 0 spiro atoms. The molecule has 1 rings (SSSR count). The predicted molar refractivity (Wildman–Crippen MR) is 60.6 cm³/mol. The quantitative estimate of drug-likeness (QED) is 0.556. The minimum atomic E-state index is -0.173. The Morgan fingerprint density at radius 2 is 2.27 bits per heavy atom. The highest BCUT2D eigenvalue weighted by molar-refractivity contribution is 6.08. The molecule has 0 fully saturated rings. The summed E-state index contributed by atoms with van der Waals surface area (Å²) in [4.78, 5) is 20.1. The Morgan fingerprint density at radius 3 is 2.73 bits per heavy atom. The van der Waals surface area contributed by atoms with E-state index in [-0.39, 0.29) is 5.78 Å². The Hall–Kier alpha value is -1.77. The van der Waals surface area contributed by atoms with Crippen molar-refractivity contribution in [3.05, 3.63) is 42.0 Å². The Labute approximate surface area is 89.6 Å². The lowest BCUT2D eigenvalue weighted by Crippen LogP contribution is -2.09. The van der Waals surface area contributed by atoms with Gasteiger partial charge >= 0.3 is 0 Å². The van der Waals surface area contributed by atoms with Gasteiger partial charge in [0.25, 0.3) is 0 Å². The van der Waals surface area contributed by atoms with Crippen LogP contribution in [0, 0.1) is 0 Å². The fourth-order valence-corrected chi connectivity index (χ4v) is 1.12. The third-order valence-corrected chi connectivity index (χ3v) is 2.01. The first kappa shape index (κ1) is 11.3. The van der Waals surface area contributed by atoms with Crippen molar-refractivity contribution in [2.24, 2.45) is 0 Å². The molecule has 78 valence electrons. The minimum Gasteiger partial charge on any atom is -0.287 e. The number of hydrogen-bond donors (Lipinski definition) is 0. The van der Waals surface area contributed by atoms with Gasteiger partial charge in [0.2, 0.25) is 5.78 Å². The van der Waals surface area contributed by atoms with Gasteiger partial charge in [-0.2, -0.15) is 0 Å². The molecule has 0 atom stereocenters. The van der Waals surface area contributed by atoms with Crippen LogP contribution >= 0.6 is 0 Å². The third-order valence-electron chi connectivity index (χ3n) is 2.01. The summed E-state index contributed by atoms with van der Waals surface area (Å²) in [7, 11) is 0. The van der Waals surface area contributed by atoms with Crippen LogP contribution < -0.4 is 0 Å². The maximum absolute atomic E-state index is 11.7. The van der Waals surface area contributed by atoms with Gasteiger partial charge < -0.3 is 0 Å². The zero-order valence-electron chi connectivity index (χ0n) is 9.08. The molecule has 0 amide bonds. The van der Waals surface area contributed by atoms with E-state index in [4.69, 9.17) is 0 Å². The van der Waals surface area contributed by atoms with Crippen molar-refractivity contribution in [2.75, 3.05) is 0 Å². The smallest absolute Gasteiger partial charge is 0.208 e. The highest BCUT2D eigenvalue weighted by atomic mass is 16.1. The van der Waals surface area contributed by atoms with Crippen molar-refractivity contribution in [1.29, 1.82) is 0 Å². The summed E-state index contributed by atoms with van der Waals surface area (Å²) in [5.41, 5.74) is 2.11. The zero-order chi connectivity index (χ0) is 11.4. The molecule has 0 saturated heterocycles. The molecule has 0 radical (unpaired) electrons. The number of aryl methyl sites for hydroxylation is 1. The van der Waals surface area contributed by atoms with E-state index in [1.165, 1.54) is 6.08 Å². The van der Waals surface area contributed by atoms with Gasteiger partial charge in [-0.1, -0.05) is 20.1 Å². The number of ketones is 1. The highest BCUT2D eigenvalue weighted by Crippen LogP contribution is 2.10. The molecule has 0 aromatic carbocycles. The van der Waals surface area contributed by atoms with Gasteiger partial charge in [0.05, 0.1) is 11.4 Å². The minimum absolute atomic E-state index is 0.173. The number of allylic oxidation sites excluding steroid dienone is 1. The third kappa shape index (κ3) is 2.37. The van der Waals surface area contributed by atoms with Gasteiger partial charge in [-0.05, 0) is 25.0 Å². The summed E-state index contributed by atoms with van der Waals surface area (Å²) in [5, 5.41) is 0. The van der Waals surface area contributed by atoms with Crippen LogP contribution in [0.4, 0.5) is 0 Å². The molecule has 1 aromatic rings. The SMILES string of the molecule is C=Cc1ncc(CC)nc1C(=O)C(=C)C. The van der Waals surface area contributed by atoms with E-state index >= 15 is 0 Å². The molecular weight excluding hydrogens is 188 g/mol. The van der Waals surface area contributed by atoms with Crippen LogP contribution in [0.2, 0.25) is 0 Å². The molecule has 0 unspecified atom stereocenters. The normalized spacial score (nSPS) is 9.73. The van der Waals surface area contributed by atoms with Crippen molar-refractivity contribution < 1.29 is 4.79 Å². The number of Topliss-reactive ketones (excluding diaryl/α,β-unsaturated/α-hetero) is 1. The van der Waals surface area contributed by atoms with Gasteiger partial charge in [-0.15, -0.1) is 0 Å². The Morgan fingerprint density at radius 1 is 1.60 bits per heavy atom. The fraction of sp³-hybridized carbons (Fsp3) is 0.250. The predicted octanol–water partition coefficient (Wildman–Crippen LogP) is 2.44. The summed E-state index contributed by atoms with van der Waals surface area (Å²) in [6.45, 7) is 10.8. The van der Waals surface area contributed by atoms with E-state index < -0.39 is 0 Å². The van der Waals surface area contributed by atoms with Crippen LogP contribution in [0.1, 0.15) is 35.7 Å². The number of aromatic nitrogens is 2. The molecule has 0 N–H and O–H groups in total. The van der Waals surface area contributed by atoms with Crippen molar-refractivity contribution >= 4 is 11.9 Å². The lowest BCUT2D eigenvalue weighted by molar-refractivity contribution is 0.102. The van der Waals surface area contributed by atoms with E-state index in [0.717, 1.165) is 12.1 Å². The van der Waals surface area contributed by atoms with E-state index in [9.17, 15) is 4.79 Å². The second-order valence-electron chi connectivity index (χ2n) is 3.26. The van der Waals surface area contributed by atoms with E-state index in [1.807, 2.05) is 6.92 Å². The summed E-state index contributed by atoms with van der Waals surface area (Å²) in [5.74, 6) is -0.173. The van der Waals surface area contributed by atoms with Crippen LogP contribution in [0.3, 0.4) is 0 Å². The topological polar surface area (TPSA) is 42.9 Å². The maximum atomic E-state index is 11.7. The Bertz CT molecular complexity index is 422. The van der Waals surface area contributed by atoms with Crippen LogP contribution in [0.25, 0.3) is 6.08 Å².